The van der Waals surface area contributed by atoms with Crippen molar-refractivity contribution in [1.82, 2.24) is 10.6 Å². The molecule has 0 fully saturated rings. The number of rotatable bonds is 5. The fourth-order valence-electron chi connectivity index (χ4n) is 1.43. The van der Waals surface area contributed by atoms with Gasteiger partial charge >= 0.3 is 5.97 Å². The average Bonchev–Trinajstić information content (AvgIpc) is 2.35. The van der Waals surface area contributed by atoms with Crippen molar-refractivity contribution >= 4 is 17.8 Å². The lowest BCUT2D eigenvalue weighted by Gasteiger charge is -2.09. The lowest BCUT2D eigenvalue weighted by molar-refractivity contribution is -0.120. The molecule has 3 N–H and O–H groups in total. The number of nitrogens with one attached hydrogen (secondary N) is 2. The Morgan fingerprint density at radius 3 is 2.42 bits per heavy atom. The molecular weight excluding hydrogens is 248 g/mol. The molecule has 0 saturated heterocycles. The summed E-state index contributed by atoms with van der Waals surface area (Å²) in [6, 6.07) is 5.62. The topological polar surface area (TPSA) is 95.5 Å². The summed E-state index contributed by atoms with van der Waals surface area (Å²) in [6.07, 6.45) is 0. The van der Waals surface area contributed by atoms with Crippen LogP contribution in [0.2, 0.25) is 0 Å². The van der Waals surface area contributed by atoms with Crippen LogP contribution in [0.25, 0.3) is 0 Å². The highest BCUT2D eigenvalue weighted by molar-refractivity contribution is 5.98. The van der Waals surface area contributed by atoms with Crippen molar-refractivity contribution in [1.29, 1.82) is 0 Å². The van der Waals surface area contributed by atoms with E-state index in [0.717, 1.165) is 0 Å². The maximum Gasteiger partial charge on any atom is 0.335 e. The van der Waals surface area contributed by atoms with Gasteiger partial charge in [-0.05, 0) is 32.0 Å². The number of carboxylic acid groups (broad SMARTS) is 1. The number of carbonyl (C=O) groups excluding carboxylic acids is 2. The number of aromatic carboxylic acids is 1. The summed E-state index contributed by atoms with van der Waals surface area (Å²) in [5.74, 6) is -1.88. The third-order valence-corrected chi connectivity index (χ3v) is 2.23. The number of benzene rings is 1. The Morgan fingerprint density at radius 2 is 1.84 bits per heavy atom. The molecule has 0 aliphatic heterocycles. The molecule has 1 aromatic rings. The highest BCUT2D eigenvalue weighted by Gasteiger charge is 2.11. The molecule has 0 aliphatic rings. The summed E-state index contributed by atoms with van der Waals surface area (Å²) >= 11 is 0. The van der Waals surface area contributed by atoms with Gasteiger partial charge in [-0.25, -0.2) is 4.79 Å². The Morgan fingerprint density at radius 1 is 1.21 bits per heavy atom. The number of hydrogen-bond acceptors (Lipinski definition) is 3. The van der Waals surface area contributed by atoms with Gasteiger partial charge in [0.2, 0.25) is 5.91 Å². The van der Waals surface area contributed by atoms with E-state index in [2.05, 4.69) is 10.6 Å². The van der Waals surface area contributed by atoms with Crippen LogP contribution < -0.4 is 10.6 Å². The van der Waals surface area contributed by atoms with Gasteiger partial charge in [-0.15, -0.1) is 0 Å². The third-order valence-electron chi connectivity index (χ3n) is 2.23. The average molecular weight is 264 g/mol. The van der Waals surface area contributed by atoms with Crippen LogP contribution >= 0.6 is 0 Å². The van der Waals surface area contributed by atoms with Crippen molar-refractivity contribution in [3.8, 4) is 0 Å². The maximum atomic E-state index is 11.7. The molecule has 0 aliphatic carbocycles. The van der Waals surface area contributed by atoms with E-state index in [1.807, 2.05) is 13.8 Å². The van der Waals surface area contributed by atoms with Crippen molar-refractivity contribution in [3.05, 3.63) is 35.4 Å². The number of carbonyl (C=O) groups is 3. The quantitative estimate of drug-likeness (QED) is 0.727. The van der Waals surface area contributed by atoms with E-state index < -0.39 is 11.9 Å². The summed E-state index contributed by atoms with van der Waals surface area (Å²) in [4.78, 5) is 33.8. The van der Waals surface area contributed by atoms with Crippen LogP contribution in [0.3, 0.4) is 0 Å². The first-order chi connectivity index (χ1) is 8.90. The first-order valence-electron chi connectivity index (χ1n) is 5.81. The van der Waals surface area contributed by atoms with Gasteiger partial charge in [-0.3, -0.25) is 9.59 Å². The molecule has 0 unspecified atom stereocenters. The van der Waals surface area contributed by atoms with E-state index in [1.54, 1.807) is 0 Å². The zero-order valence-electron chi connectivity index (χ0n) is 10.8. The Hall–Kier alpha value is -2.37. The lowest BCUT2D eigenvalue weighted by Crippen LogP contribution is -2.39. The molecule has 0 heterocycles. The SMILES string of the molecule is CC(C)NC(=O)CNC(=O)c1cccc(C(=O)O)c1. The molecule has 0 atom stereocenters. The molecule has 19 heavy (non-hydrogen) atoms. The summed E-state index contributed by atoms with van der Waals surface area (Å²) < 4.78 is 0. The second kappa shape index (κ2) is 6.53. The second-order valence-corrected chi connectivity index (χ2v) is 4.29. The zero-order valence-corrected chi connectivity index (χ0v) is 10.8. The van der Waals surface area contributed by atoms with Gasteiger partial charge in [0.05, 0.1) is 12.1 Å². The lowest BCUT2D eigenvalue weighted by atomic mass is 10.1. The van der Waals surface area contributed by atoms with Crippen LogP contribution in [0.1, 0.15) is 34.6 Å². The summed E-state index contributed by atoms with van der Waals surface area (Å²) in [5, 5.41) is 13.9. The standard InChI is InChI=1S/C13H16N2O4/c1-8(2)15-11(16)7-14-12(17)9-4-3-5-10(6-9)13(18)19/h3-6,8H,7H2,1-2H3,(H,14,17)(H,15,16)(H,18,19). The van der Waals surface area contributed by atoms with E-state index in [-0.39, 0.29) is 29.6 Å². The first kappa shape index (κ1) is 14.7. The van der Waals surface area contributed by atoms with E-state index in [9.17, 15) is 14.4 Å². The van der Waals surface area contributed by atoms with Crippen molar-refractivity contribution < 1.29 is 19.5 Å². The Kier molecular flexibility index (Phi) is 5.05. The molecule has 1 rings (SSSR count). The van der Waals surface area contributed by atoms with Crippen LogP contribution in [0, 0.1) is 0 Å². The Balaban J connectivity index is 2.61. The van der Waals surface area contributed by atoms with E-state index in [0.29, 0.717) is 0 Å². The molecule has 2 amide bonds. The fraction of sp³-hybridized carbons (Fsp3) is 0.308. The monoisotopic (exact) mass is 264 g/mol. The zero-order chi connectivity index (χ0) is 14.4. The molecule has 0 bridgehead atoms. The molecule has 102 valence electrons. The highest BCUT2D eigenvalue weighted by Crippen LogP contribution is 2.05. The maximum absolute atomic E-state index is 11.7. The van der Waals surface area contributed by atoms with Gasteiger partial charge in [-0.2, -0.15) is 0 Å². The van der Waals surface area contributed by atoms with Crippen LogP contribution in [-0.2, 0) is 4.79 Å². The van der Waals surface area contributed by atoms with E-state index >= 15 is 0 Å². The van der Waals surface area contributed by atoms with Crippen molar-refractivity contribution in [3.63, 3.8) is 0 Å². The Bertz CT molecular complexity index is 497. The summed E-state index contributed by atoms with van der Waals surface area (Å²) in [5.41, 5.74) is 0.233. The molecule has 0 radical (unpaired) electrons. The first-order valence-corrected chi connectivity index (χ1v) is 5.81. The normalized spacial score (nSPS) is 10.1. The smallest absolute Gasteiger partial charge is 0.335 e. The van der Waals surface area contributed by atoms with Gasteiger partial charge in [0.25, 0.3) is 5.91 Å². The van der Waals surface area contributed by atoms with Crippen LogP contribution in [0.15, 0.2) is 24.3 Å². The van der Waals surface area contributed by atoms with Gasteiger partial charge in [0, 0.05) is 11.6 Å². The number of amides is 2. The minimum Gasteiger partial charge on any atom is -0.478 e. The van der Waals surface area contributed by atoms with Crippen molar-refractivity contribution in [2.24, 2.45) is 0 Å². The van der Waals surface area contributed by atoms with Crippen molar-refractivity contribution in [2.45, 2.75) is 19.9 Å². The molecule has 0 aromatic heterocycles. The Labute approximate surface area is 110 Å². The summed E-state index contributed by atoms with van der Waals surface area (Å²) in [7, 11) is 0. The minimum absolute atomic E-state index is 0.000240. The molecule has 6 nitrogen and oxygen atoms in total. The van der Waals surface area contributed by atoms with Crippen LogP contribution in [-0.4, -0.2) is 35.5 Å². The molecular formula is C13H16N2O4. The molecule has 0 spiro atoms. The highest BCUT2D eigenvalue weighted by atomic mass is 16.4. The third kappa shape index (κ3) is 4.79. The predicted octanol–water partition coefficient (Wildman–Crippen LogP) is 0.639. The fourth-order valence-corrected chi connectivity index (χ4v) is 1.43. The largest absolute Gasteiger partial charge is 0.478 e. The molecule has 0 saturated carbocycles. The number of hydrogen-bond donors (Lipinski definition) is 3. The van der Waals surface area contributed by atoms with Crippen molar-refractivity contribution in [2.75, 3.05) is 6.54 Å². The second-order valence-electron chi connectivity index (χ2n) is 4.29. The van der Waals surface area contributed by atoms with Crippen LogP contribution in [0.5, 0.6) is 0 Å². The molecule has 1 aromatic carbocycles. The van der Waals surface area contributed by atoms with Gasteiger partial charge in [0.15, 0.2) is 0 Å². The minimum atomic E-state index is -1.10. The van der Waals surface area contributed by atoms with Crippen LogP contribution in [0.4, 0.5) is 0 Å². The molecule has 6 heteroatoms. The van der Waals surface area contributed by atoms with Gasteiger partial charge in [-0.1, -0.05) is 6.07 Å². The summed E-state index contributed by atoms with van der Waals surface area (Å²) in [6.45, 7) is 3.49. The van der Waals surface area contributed by atoms with E-state index in [4.69, 9.17) is 5.11 Å². The van der Waals surface area contributed by atoms with E-state index in [1.165, 1.54) is 24.3 Å². The number of carboxylic acids is 1. The predicted molar refractivity (Wildman–Crippen MR) is 69.0 cm³/mol. The van der Waals surface area contributed by atoms with Gasteiger partial charge < -0.3 is 15.7 Å². The van der Waals surface area contributed by atoms with Gasteiger partial charge in [0.1, 0.15) is 0 Å².